The van der Waals surface area contributed by atoms with Crippen molar-refractivity contribution >= 4 is 11.9 Å². The van der Waals surface area contributed by atoms with Gasteiger partial charge in [-0.2, -0.15) is 0 Å². The summed E-state index contributed by atoms with van der Waals surface area (Å²) in [6, 6.07) is 1.58. The van der Waals surface area contributed by atoms with Gasteiger partial charge in [0.1, 0.15) is 0 Å². The summed E-state index contributed by atoms with van der Waals surface area (Å²) in [6.07, 6.45) is 1.78. The van der Waals surface area contributed by atoms with Crippen molar-refractivity contribution in [3.63, 3.8) is 0 Å². The third kappa shape index (κ3) is 4.58. The van der Waals surface area contributed by atoms with Gasteiger partial charge in [-0.05, 0) is 26.7 Å². The lowest BCUT2D eigenvalue weighted by Crippen LogP contribution is -2.38. The van der Waals surface area contributed by atoms with E-state index in [1.165, 1.54) is 4.90 Å². The zero-order valence-corrected chi connectivity index (χ0v) is 13.1. The number of carbonyl (C=O) groups excluding carboxylic acids is 1. The van der Waals surface area contributed by atoms with E-state index in [0.717, 1.165) is 18.5 Å². The van der Waals surface area contributed by atoms with E-state index < -0.39 is 5.97 Å². The molecule has 0 aliphatic rings. The third-order valence-electron chi connectivity index (χ3n) is 3.59. The molecule has 1 N–H and O–H groups in total. The number of carbonyl (C=O) groups is 2. The SMILES string of the molecule is CCC(CC)c1cc(C(=O)N(CCC(=O)O)C(C)C)on1. The first-order chi connectivity index (χ1) is 9.90. The molecule has 0 radical (unpaired) electrons. The summed E-state index contributed by atoms with van der Waals surface area (Å²) in [6.45, 7) is 7.98. The predicted octanol–water partition coefficient (Wildman–Crippen LogP) is 2.90. The van der Waals surface area contributed by atoms with Crippen molar-refractivity contribution in [2.45, 2.75) is 58.9 Å². The van der Waals surface area contributed by atoms with Crippen LogP contribution in [0, 0.1) is 0 Å². The molecule has 1 heterocycles. The molecule has 6 nitrogen and oxygen atoms in total. The maximum absolute atomic E-state index is 12.4. The average molecular weight is 296 g/mol. The summed E-state index contributed by atoms with van der Waals surface area (Å²) >= 11 is 0. The van der Waals surface area contributed by atoms with Crippen LogP contribution in [0.5, 0.6) is 0 Å². The number of carboxylic acids is 1. The van der Waals surface area contributed by atoms with Gasteiger partial charge in [-0.1, -0.05) is 19.0 Å². The maximum atomic E-state index is 12.4. The lowest BCUT2D eigenvalue weighted by Gasteiger charge is -2.24. The number of hydrogen-bond acceptors (Lipinski definition) is 4. The maximum Gasteiger partial charge on any atom is 0.305 e. The van der Waals surface area contributed by atoms with Crippen LogP contribution in [0.3, 0.4) is 0 Å². The zero-order chi connectivity index (χ0) is 16.0. The van der Waals surface area contributed by atoms with Crippen LogP contribution in [0.2, 0.25) is 0 Å². The lowest BCUT2D eigenvalue weighted by atomic mass is 9.99. The number of carboxylic acid groups (broad SMARTS) is 1. The van der Waals surface area contributed by atoms with Crippen molar-refractivity contribution in [3.8, 4) is 0 Å². The smallest absolute Gasteiger partial charge is 0.305 e. The quantitative estimate of drug-likeness (QED) is 0.797. The predicted molar refractivity (Wildman–Crippen MR) is 78.3 cm³/mol. The first-order valence-electron chi connectivity index (χ1n) is 7.40. The summed E-state index contributed by atoms with van der Waals surface area (Å²) in [5.74, 6) is -0.780. The standard InChI is InChI=1S/C15H24N2O4/c1-5-11(6-2)12-9-13(21-16-12)15(20)17(10(3)4)8-7-14(18)19/h9-11H,5-8H2,1-4H3,(H,18,19). The van der Waals surface area contributed by atoms with Crippen LogP contribution in [0.1, 0.15) is 69.1 Å². The second-order valence-electron chi connectivity index (χ2n) is 5.37. The Morgan fingerprint density at radius 1 is 1.33 bits per heavy atom. The van der Waals surface area contributed by atoms with Crippen LogP contribution in [0.25, 0.3) is 0 Å². The highest BCUT2D eigenvalue weighted by atomic mass is 16.5. The van der Waals surface area contributed by atoms with Crippen molar-refractivity contribution in [1.29, 1.82) is 0 Å². The Hall–Kier alpha value is -1.85. The molecule has 0 saturated carbocycles. The Kier molecular flexibility index (Phi) is 6.39. The second kappa shape index (κ2) is 7.81. The van der Waals surface area contributed by atoms with Crippen LogP contribution in [-0.2, 0) is 4.79 Å². The minimum Gasteiger partial charge on any atom is -0.481 e. The Bertz CT molecular complexity index is 478. The summed E-state index contributed by atoms with van der Waals surface area (Å²) < 4.78 is 5.16. The largest absolute Gasteiger partial charge is 0.481 e. The van der Waals surface area contributed by atoms with Crippen LogP contribution >= 0.6 is 0 Å². The number of rotatable bonds is 8. The van der Waals surface area contributed by atoms with E-state index >= 15 is 0 Å². The van der Waals surface area contributed by atoms with Crippen LogP contribution < -0.4 is 0 Å². The molecule has 0 aromatic carbocycles. The van der Waals surface area contributed by atoms with Gasteiger partial charge >= 0.3 is 5.97 Å². The highest BCUT2D eigenvalue weighted by molar-refractivity contribution is 5.91. The molecule has 1 rings (SSSR count). The van der Waals surface area contributed by atoms with E-state index in [2.05, 4.69) is 19.0 Å². The molecule has 118 valence electrons. The Morgan fingerprint density at radius 3 is 2.43 bits per heavy atom. The highest BCUT2D eigenvalue weighted by Crippen LogP contribution is 2.23. The van der Waals surface area contributed by atoms with Crippen LogP contribution in [0.4, 0.5) is 0 Å². The van der Waals surface area contributed by atoms with E-state index in [0.29, 0.717) is 0 Å². The van der Waals surface area contributed by atoms with Crippen molar-refractivity contribution < 1.29 is 19.2 Å². The molecule has 0 bridgehead atoms. The first-order valence-corrected chi connectivity index (χ1v) is 7.40. The van der Waals surface area contributed by atoms with Crippen molar-refractivity contribution in [2.75, 3.05) is 6.54 Å². The molecule has 0 spiro atoms. The topological polar surface area (TPSA) is 83.6 Å². The Balaban J connectivity index is 2.86. The van der Waals surface area contributed by atoms with E-state index in [1.807, 2.05) is 13.8 Å². The van der Waals surface area contributed by atoms with Crippen LogP contribution in [-0.4, -0.2) is 39.6 Å². The van der Waals surface area contributed by atoms with Gasteiger partial charge in [-0.25, -0.2) is 0 Å². The molecule has 1 aromatic rings. The van der Waals surface area contributed by atoms with E-state index in [1.54, 1.807) is 6.07 Å². The molecule has 0 fully saturated rings. The molecule has 0 aliphatic carbocycles. The van der Waals surface area contributed by atoms with Gasteiger partial charge < -0.3 is 14.5 Å². The molecular formula is C15H24N2O4. The molecule has 1 aromatic heterocycles. The van der Waals surface area contributed by atoms with Gasteiger partial charge in [0.2, 0.25) is 5.76 Å². The number of aliphatic carboxylic acids is 1. The van der Waals surface area contributed by atoms with E-state index in [-0.39, 0.29) is 36.6 Å². The van der Waals surface area contributed by atoms with E-state index in [4.69, 9.17) is 9.63 Å². The number of amides is 1. The number of aromatic nitrogens is 1. The molecule has 0 atom stereocenters. The Labute approximate surface area is 125 Å². The molecule has 0 aliphatic heterocycles. The van der Waals surface area contributed by atoms with Gasteiger partial charge in [0.15, 0.2) is 0 Å². The molecule has 0 saturated heterocycles. The molecule has 0 unspecified atom stereocenters. The van der Waals surface area contributed by atoms with E-state index in [9.17, 15) is 9.59 Å². The summed E-state index contributed by atoms with van der Waals surface area (Å²) in [4.78, 5) is 24.6. The van der Waals surface area contributed by atoms with Gasteiger partial charge in [-0.15, -0.1) is 0 Å². The second-order valence-corrected chi connectivity index (χ2v) is 5.37. The zero-order valence-electron chi connectivity index (χ0n) is 13.1. The number of hydrogen-bond donors (Lipinski definition) is 1. The summed E-state index contributed by atoms with van der Waals surface area (Å²) in [5.41, 5.74) is 0.783. The minimum absolute atomic E-state index is 0.0859. The van der Waals surface area contributed by atoms with Crippen molar-refractivity contribution in [3.05, 3.63) is 17.5 Å². The summed E-state index contributed by atoms with van der Waals surface area (Å²) in [5, 5.41) is 12.7. The fraction of sp³-hybridized carbons (Fsp3) is 0.667. The third-order valence-corrected chi connectivity index (χ3v) is 3.59. The van der Waals surface area contributed by atoms with Gasteiger partial charge in [0.05, 0.1) is 12.1 Å². The minimum atomic E-state index is -0.927. The van der Waals surface area contributed by atoms with Crippen molar-refractivity contribution in [2.24, 2.45) is 0 Å². The molecule has 6 heteroatoms. The molecule has 1 amide bonds. The molecule has 21 heavy (non-hydrogen) atoms. The monoisotopic (exact) mass is 296 g/mol. The van der Waals surface area contributed by atoms with Gasteiger partial charge in [0, 0.05) is 24.6 Å². The number of nitrogens with zero attached hydrogens (tertiary/aromatic N) is 2. The fourth-order valence-corrected chi connectivity index (χ4v) is 2.24. The fourth-order valence-electron chi connectivity index (χ4n) is 2.24. The highest BCUT2D eigenvalue weighted by Gasteiger charge is 2.24. The Morgan fingerprint density at radius 2 is 1.95 bits per heavy atom. The first kappa shape index (κ1) is 17.2. The molecular weight excluding hydrogens is 272 g/mol. The van der Waals surface area contributed by atoms with Crippen LogP contribution in [0.15, 0.2) is 10.6 Å². The summed E-state index contributed by atoms with van der Waals surface area (Å²) in [7, 11) is 0. The average Bonchev–Trinajstić information content (AvgIpc) is 2.89. The normalized spacial score (nSPS) is 11.1. The van der Waals surface area contributed by atoms with Gasteiger partial charge in [-0.3, -0.25) is 9.59 Å². The lowest BCUT2D eigenvalue weighted by molar-refractivity contribution is -0.137. The van der Waals surface area contributed by atoms with Crippen molar-refractivity contribution in [1.82, 2.24) is 10.1 Å². The van der Waals surface area contributed by atoms with Gasteiger partial charge in [0.25, 0.3) is 5.91 Å².